The molecule has 3 amide bonds. The van der Waals surface area contributed by atoms with Gasteiger partial charge < -0.3 is 47.3 Å². The van der Waals surface area contributed by atoms with Gasteiger partial charge in [0.05, 0.1) is 21.2 Å². The molecule has 2 saturated heterocycles. The minimum atomic E-state index is -3.66. The standard InChI is InChI=1S/C32H43N5O6S.C27H35N5O4S/c1-5-13-36(14-7-12-34-31(40)43-32(2,3)4)30(39)26-15-25-11-10-24(17-28(25)35-29(33)18-26)23-8-6-9-27(16-23)44(41,42)37-19-22(20-37)21-38;1-2-10-31(11-4-9-28)27(34)23-12-22-8-7-21(14-25(22)30-26(29)15-23)20-5-3-6-24(13-20)37(35,36)32-16-19(17-32)18-33/h6,8-11,15-17,22,38H,5,7,12-14,18-21H2,1-4H3,(H2,33,35)(H,34,40);3,5-8,12-14,19,33H,2,4,9-11,15-18,28H2,1H3,(H2,29,30). The van der Waals surface area contributed by atoms with E-state index in [1.54, 1.807) is 62.1 Å². The summed E-state index contributed by atoms with van der Waals surface area (Å²) in [5.74, 6) is 0.421. The van der Waals surface area contributed by atoms with Gasteiger partial charge in [-0.1, -0.05) is 62.4 Å². The maximum Gasteiger partial charge on any atom is 0.407 e. The molecule has 22 heteroatoms. The van der Waals surface area contributed by atoms with Crippen molar-refractivity contribution in [3.05, 3.63) is 107 Å². The maximum atomic E-state index is 13.6. The summed E-state index contributed by atoms with van der Waals surface area (Å²) in [6.07, 6.45) is 6.54. The van der Waals surface area contributed by atoms with Crippen molar-refractivity contribution in [1.29, 1.82) is 0 Å². The second-order valence-electron chi connectivity index (χ2n) is 21.8. The average Bonchev–Trinajstić information content (AvgIpc) is 3.83. The molecule has 0 radical (unpaired) electrons. The Bertz CT molecular complexity index is 3290. The third kappa shape index (κ3) is 15.8. The number of benzene rings is 4. The number of carbonyl (C=O) groups is 3. The molecule has 0 aromatic heterocycles. The highest BCUT2D eigenvalue weighted by molar-refractivity contribution is 7.89. The van der Waals surface area contributed by atoms with Crippen LogP contribution in [0, 0.1) is 11.8 Å². The first-order valence-corrected chi connectivity index (χ1v) is 30.5. The Morgan fingerprint density at radius 1 is 0.642 bits per heavy atom. The van der Waals surface area contributed by atoms with Gasteiger partial charge in [-0.3, -0.25) is 9.59 Å². The first kappa shape index (κ1) is 61.8. The highest BCUT2D eigenvalue weighted by Gasteiger charge is 2.38. The molecule has 4 aliphatic heterocycles. The lowest BCUT2D eigenvalue weighted by Crippen LogP contribution is -2.51. The summed E-state index contributed by atoms with van der Waals surface area (Å²) in [6.45, 7) is 13.8. The number of sulfonamides is 2. The summed E-state index contributed by atoms with van der Waals surface area (Å²) in [7, 11) is -7.29. The number of hydrogen-bond acceptors (Lipinski definition) is 15. The van der Waals surface area contributed by atoms with E-state index in [4.69, 9.17) is 21.9 Å². The summed E-state index contributed by atoms with van der Waals surface area (Å²) in [4.78, 5) is 52.0. The van der Waals surface area contributed by atoms with Gasteiger partial charge >= 0.3 is 6.09 Å². The highest BCUT2D eigenvalue weighted by Crippen LogP contribution is 2.36. The topological polar surface area (TPSA) is 297 Å². The average molecular weight is 1150 g/mol. The number of ether oxygens (including phenoxy) is 1. The fraction of sp³-hybridized carbons (Fsp3) is 0.441. The van der Waals surface area contributed by atoms with Crippen LogP contribution in [-0.2, 0) is 34.4 Å². The number of aliphatic hydroxyl groups is 2. The van der Waals surface area contributed by atoms with Crippen LogP contribution in [0.15, 0.2) is 116 Å². The zero-order chi connectivity index (χ0) is 58.6. The lowest BCUT2D eigenvalue weighted by Gasteiger charge is -2.36. The molecule has 0 spiro atoms. The molecular formula is C59H78N10O10S2. The van der Waals surface area contributed by atoms with E-state index in [1.165, 1.54) is 8.61 Å². The van der Waals surface area contributed by atoms with Gasteiger partial charge in [-0.2, -0.15) is 8.61 Å². The number of nitrogens with zero attached hydrogens (tertiary/aromatic N) is 6. The van der Waals surface area contributed by atoms with Gasteiger partial charge in [-0.25, -0.2) is 31.6 Å². The molecule has 81 heavy (non-hydrogen) atoms. The Morgan fingerprint density at radius 2 is 1.06 bits per heavy atom. The van der Waals surface area contributed by atoms with E-state index in [-0.39, 0.29) is 59.5 Å². The first-order chi connectivity index (χ1) is 38.6. The number of amides is 3. The molecule has 4 aromatic carbocycles. The Morgan fingerprint density at radius 3 is 1.46 bits per heavy atom. The number of alkyl carbamates (subject to hydrolysis) is 1. The van der Waals surface area contributed by atoms with Crippen LogP contribution in [0.1, 0.15) is 84.3 Å². The molecule has 4 heterocycles. The molecule has 4 aliphatic rings. The number of nitrogens with two attached hydrogens (primary N) is 3. The van der Waals surface area contributed by atoms with E-state index >= 15 is 0 Å². The van der Waals surface area contributed by atoms with Crippen molar-refractivity contribution in [3.63, 3.8) is 0 Å². The van der Waals surface area contributed by atoms with Crippen LogP contribution < -0.4 is 22.5 Å². The summed E-state index contributed by atoms with van der Waals surface area (Å²) < 4.78 is 60.2. The molecule has 9 N–H and O–H groups in total. The summed E-state index contributed by atoms with van der Waals surface area (Å²) in [5.41, 5.74) is 24.4. The fourth-order valence-electron chi connectivity index (χ4n) is 9.69. The molecule has 2 fully saturated rings. The summed E-state index contributed by atoms with van der Waals surface area (Å²) >= 11 is 0. The Kier molecular flexibility index (Phi) is 20.9. The Balaban J connectivity index is 0.000000237. The molecule has 0 aliphatic carbocycles. The van der Waals surface area contributed by atoms with Crippen molar-refractivity contribution < 1.29 is 46.2 Å². The quantitative estimate of drug-likeness (QED) is 0.0506. The minimum absolute atomic E-state index is 0.00889. The third-order valence-corrected chi connectivity index (χ3v) is 17.6. The molecular weight excluding hydrogens is 1070 g/mol. The molecule has 0 atom stereocenters. The Hall–Kier alpha value is -6.79. The maximum absolute atomic E-state index is 13.6. The van der Waals surface area contributed by atoms with Crippen LogP contribution in [0.25, 0.3) is 34.4 Å². The molecule has 4 aromatic rings. The molecule has 0 unspecified atom stereocenters. The van der Waals surface area contributed by atoms with E-state index < -0.39 is 31.7 Å². The first-order valence-electron chi connectivity index (χ1n) is 27.6. The molecule has 20 nitrogen and oxygen atoms in total. The second kappa shape index (κ2) is 27.3. The molecule has 8 rings (SSSR count). The largest absolute Gasteiger partial charge is 0.444 e. The number of fused-ring (bicyclic) bond motifs is 2. The predicted molar refractivity (Wildman–Crippen MR) is 316 cm³/mol. The van der Waals surface area contributed by atoms with Gasteiger partial charge in [0.2, 0.25) is 31.9 Å². The van der Waals surface area contributed by atoms with Gasteiger partial charge in [0.1, 0.15) is 17.3 Å². The van der Waals surface area contributed by atoms with Crippen molar-refractivity contribution in [2.75, 3.05) is 78.7 Å². The number of aliphatic imine (C=N–C) groups is 2. The van der Waals surface area contributed by atoms with E-state index in [0.29, 0.717) is 112 Å². The predicted octanol–water partition coefficient (Wildman–Crippen LogP) is 6.23. The third-order valence-electron chi connectivity index (χ3n) is 14.0. The van der Waals surface area contributed by atoms with Crippen LogP contribution in [0.3, 0.4) is 0 Å². The minimum Gasteiger partial charge on any atom is -0.444 e. The molecule has 436 valence electrons. The van der Waals surface area contributed by atoms with Gasteiger partial charge in [0.25, 0.3) is 0 Å². The van der Waals surface area contributed by atoms with Crippen LogP contribution in [-0.4, -0.2) is 159 Å². The van der Waals surface area contributed by atoms with Crippen molar-refractivity contribution >= 4 is 73.2 Å². The van der Waals surface area contributed by atoms with E-state index in [0.717, 1.165) is 47.1 Å². The number of carbonyl (C=O) groups excluding carboxylic acids is 3. The van der Waals surface area contributed by atoms with Crippen LogP contribution >= 0.6 is 0 Å². The number of amidine groups is 2. The fourth-order valence-corrected chi connectivity index (χ4v) is 13.0. The smallest absolute Gasteiger partial charge is 0.407 e. The second-order valence-corrected chi connectivity index (χ2v) is 25.6. The molecule has 0 bridgehead atoms. The molecule has 0 saturated carbocycles. The van der Waals surface area contributed by atoms with Gasteiger partial charge in [0, 0.05) is 119 Å². The lowest BCUT2D eigenvalue weighted by molar-refractivity contribution is -0.128. The SMILES string of the molecule is CCCN(CCCN)C(=O)C1=Cc2ccc(-c3cccc(S(=O)(=O)N4CC(CO)C4)c3)cc2N=C(N)C1.CCCN(CCCNC(=O)OC(C)(C)C)C(=O)C1=Cc2ccc(-c3cccc(S(=O)(=O)N4CC(CO)C4)c3)cc2N=C(N)C1. The number of aliphatic hydroxyl groups excluding tert-OH is 2. The van der Waals surface area contributed by atoms with Crippen molar-refractivity contribution in [1.82, 2.24) is 23.7 Å². The number of hydrogen-bond donors (Lipinski definition) is 6. The van der Waals surface area contributed by atoms with Crippen LogP contribution in [0.5, 0.6) is 0 Å². The van der Waals surface area contributed by atoms with Gasteiger partial charge in [-0.05, 0) is 124 Å². The van der Waals surface area contributed by atoms with Crippen LogP contribution in [0.4, 0.5) is 16.2 Å². The number of nitrogens with one attached hydrogen (secondary N) is 1. The Labute approximate surface area is 476 Å². The summed E-state index contributed by atoms with van der Waals surface area (Å²) in [6, 6.07) is 24.8. The van der Waals surface area contributed by atoms with E-state index in [2.05, 4.69) is 15.3 Å². The van der Waals surface area contributed by atoms with Crippen molar-refractivity contribution in [2.45, 2.75) is 88.5 Å². The normalized spacial score (nSPS) is 16.0. The van der Waals surface area contributed by atoms with Crippen LogP contribution in [0.2, 0.25) is 0 Å². The highest BCUT2D eigenvalue weighted by atomic mass is 32.2. The monoisotopic (exact) mass is 1150 g/mol. The zero-order valence-electron chi connectivity index (χ0n) is 47.0. The van der Waals surface area contributed by atoms with Gasteiger partial charge in [0.15, 0.2) is 0 Å². The zero-order valence-corrected chi connectivity index (χ0v) is 48.6. The van der Waals surface area contributed by atoms with Gasteiger partial charge in [-0.15, -0.1) is 0 Å². The summed E-state index contributed by atoms with van der Waals surface area (Å²) in [5, 5.41) is 21.2. The van der Waals surface area contributed by atoms with E-state index in [9.17, 15) is 41.4 Å². The lowest BCUT2D eigenvalue weighted by atomic mass is 10.0. The van der Waals surface area contributed by atoms with Crippen molar-refractivity contribution in [3.8, 4) is 22.3 Å². The number of rotatable bonds is 21. The van der Waals surface area contributed by atoms with Crippen molar-refractivity contribution in [2.24, 2.45) is 39.0 Å². The van der Waals surface area contributed by atoms with E-state index in [1.807, 2.05) is 79.4 Å².